The van der Waals surface area contributed by atoms with Crippen molar-refractivity contribution in [1.82, 2.24) is 9.88 Å². The lowest BCUT2D eigenvalue weighted by atomic mass is 9.99. The first-order chi connectivity index (χ1) is 8.76. The Morgan fingerprint density at radius 1 is 1.50 bits per heavy atom. The fraction of sp³-hybridized carbons (Fsp3) is 0.643. The summed E-state index contributed by atoms with van der Waals surface area (Å²) in [7, 11) is 0. The standard InChI is InChI=1S/C14H23N3O/c1-3-6-17-7-8-18-13(9-15)14(17)12-5-4-11(2)16-10-12/h4-5,10,13-14H,3,6-9,15H2,1-2H3. The topological polar surface area (TPSA) is 51.4 Å². The molecule has 2 atom stereocenters. The molecule has 2 rings (SSSR count). The predicted octanol–water partition coefficient (Wildman–Crippen LogP) is 1.50. The van der Waals surface area contributed by atoms with E-state index in [0.29, 0.717) is 6.54 Å². The molecule has 0 radical (unpaired) electrons. The maximum atomic E-state index is 5.85. The molecule has 2 N–H and O–H groups in total. The van der Waals surface area contributed by atoms with Crippen LogP contribution in [0, 0.1) is 6.92 Å². The van der Waals surface area contributed by atoms with E-state index in [2.05, 4.69) is 28.9 Å². The minimum atomic E-state index is 0.0785. The third-order valence-corrected chi connectivity index (χ3v) is 3.47. The molecule has 1 saturated heterocycles. The fourth-order valence-corrected chi connectivity index (χ4v) is 2.60. The minimum absolute atomic E-state index is 0.0785. The molecule has 100 valence electrons. The van der Waals surface area contributed by atoms with Crippen molar-refractivity contribution >= 4 is 0 Å². The molecule has 2 unspecified atom stereocenters. The summed E-state index contributed by atoms with van der Waals surface area (Å²) < 4.78 is 5.81. The van der Waals surface area contributed by atoms with Gasteiger partial charge in [-0.15, -0.1) is 0 Å². The maximum Gasteiger partial charge on any atom is 0.0894 e. The van der Waals surface area contributed by atoms with Crippen molar-refractivity contribution in [2.75, 3.05) is 26.2 Å². The summed E-state index contributed by atoms with van der Waals surface area (Å²) in [5.41, 5.74) is 8.10. The highest BCUT2D eigenvalue weighted by molar-refractivity contribution is 5.19. The largest absolute Gasteiger partial charge is 0.374 e. The van der Waals surface area contributed by atoms with Gasteiger partial charge in [0, 0.05) is 25.0 Å². The third kappa shape index (κ3) is 2.88. The molecule has 18 heavy (non-hydrogen) atoms. The summed E-state index contributed by atoms with van der Waals surface area (Å²) in [6.45, 7) is 7.60. The number of aryl methyl sites for hydroxylation is 1. The minimum Gasteiger partial charge on any atom is -0.374 e. The highest BCUT2D eigenvalue weighted by Gasteiger charge is 2.32. The normalized spacial score (nSPS) is 25.3. The molecule has 4 heteroatoms. The Labute approximate surface area is 109 Å². The summed E-state index contributed by atoms with van der Waals surface area (Å²) in [5.74, 6) is 0. The van der Waals surface area contributed by atoms with Gasteiger partial charge in [-0.2, -0.15) is 0 Å². The first kappa shape index (κ1) is 13.5. The molecule has 4 nitrogen and oxygen atoms in total. The molecule has 2 heterocycles. The molecule has 1 fully saturated rings. The summed E-state index contributed by atoms with van der Waals surface area (Å²) in [4.78, 5) is 6.86. The van der Waals surface area contributed by atoms with E-state index >= 15 is 0 Å². The van der Waals surface area contributed by atoms with E-state index in [9.17, 15) is 0 Å². The average Bonchev–Trinajstić information content (AvgIpc) is 2.40. The average molecular weight is 249 g/mol. The molecule has 0 aromatic carbocycles. The van der Waals surface area contributed by atoms with E-state index in [-0.39, 0.29) is 12.1 Å². The Balaban J connectivity index is 2.24. The molecule has 0 spiro atoms. The van der Waals surface area contributed by atoms with E-state index in [0.717, 1.165) is 31.8 Å². The molecular formula is C14H23N3O. The van der Waals surface area contributed by atoms with Crippen LogP contribution >= 0.6 is 0 Å². The van der Waals surface area contributed by atoms with Crippen LogP contribution < -0.4 is 5.73 Å². The smallest absolute Gasteiger partial charge is 0.0894 e. The number of hydrogen-bond acceptors (Lipinski definition) is 4. The number of rotatable bonds is 4. The van der Waals surface area contributed by atoms with Crippen LogP contribution in [0.3, 0.4) is 0 Å². The van der Waals surface area contributed by atoms with Gasteiger partial charge in [-0.25, -0.2) is 0 Å². The van der Waals surface area contributed by atoms with Crippen LogP contribution in [0.15, 0.2) is 18.3 Å². The lowest BCUT2D eigenvalue weighted by Crippen LogP contribution is -2.48. The van der Waals surface area contributed by atoms with Crippen molar-refractivity contribution in [3.63, 3.8) is 0 Å². The zero-order valence-electron chi connectivity index (χ0n) is 11.3. The van der Waals surface area contributed by atoms with Gasteiger partial charge >= 0.3 is 0 Å². The van der Waals surface area contributed by atoms with Gasteiger partial charge < -0.3 is 10.5 Å². The number of pyridine rings is 1. The van der Waals surface area contributed by atoms with Crippen LogP contribution in [0.1, 0.15) is 30.6 Å². The van der Waals surface area contributed by atoms with Gasteiger partial charge in [-0.1, -0.05) is 13.0 Å². The Morgan fingerprint density at radius 3 is 2.94 bits per heavy atom. The molecule has 0 bridgehead atoms. The van der Waals surface area contributed by atoms with Crippen molar-refractivity contribution in [2.24, 2.45) is 5.73 Å². The third-order valence-electron chi connectivity index (χ3n) is 3.47. The highest BCUT2D eigenvalue weighted by atomic mass is 16.5. The molecule has 0 amide bonds. The number of nitrogens with two attached hydrogens (primary N) is 1. The second-order valence-electron chi connectivity index (χ2n) is 4.86. The number of morpholine rings is 1. The second kappa shape index (κ2) is 6.27. The summed E-state index contributed by atoms with van der Waals surface area (Å²) in [5, 5.41) is 0. The van der Waals surface area contributed by atoms with E-state index in [1.54, 1.807) is 0 Å². The molecule has 1 aromatic heterocycles. The number of nitrogens with zero attached hydrogens (tertiary/aromatic N) is 2. The van der Waals surface area contributed by atoms with Crippen LogP contribution in [0.2, 0.25) is 0 Å². The van der Waals surface area contributed by atoms with E-state index in [4.69, 9.17) is 10.5 Å². The fourth-order valence-electron chi connectivity index (χ4n) is 2.60. The molecule has 0 saturated carbocycles. The van der Waals surface area contributed by atoms with Gasteiger partial charge in [0.1, 0.15) is 0 Å². The molecule has 1 aliphatic rings. The van der Waals surface area contributed by atoms with Gasteiger partial charge in [0.25, 0.3) is 0 Å². The van der Waals surface area contributed by atoms with Crippen molar-refractivity contribution < 1.29 is 4.74 Å². The van der Waals surface area contributed by atoms with Crippen molar-refractivity contribution in [2.45, 2.75) is 32.4 Å². The Kier molecular flexibility index (Phi) is 4.69. The van der Waals surface area contributed by atoms with Crippen molar-refractivity contribution in [1.29, 1.82) is 0 Å². The van der Waals surface area contributed by atoms with Gasteiger partial charge in [0.2, 0.25) is 0 Å². The number of hydrogen-bond donors (Lipinski definition) is 1. The Morgan fingerprint density at radius 2 is 2.33 bits per heavy atom. The maximum absolute atomic E-state index is 5.85. The van der Waals surface area contributed by atoms with Crippen LogP contribution in [0.25, 0.3) is 0 Å². The SMILES string of the molecule is CCCN1CCOC(CN)C1c1ccc(C)nc1. The highest BCUT2D eigenvalue weighted by Crippen LogP contribution is 2.28. The Bertz CT molecular complexity index is 364. The molecule has 1 aromatic rings. The molecular weight excluding hydrogens is 226 g/mol. The summed E-state index contributed by atoms with van der Waals surface area (Å²) >= 11 is 0. The van der Waals surface area contributed by atoms with E-state index < -0.39 is 0 Å². The van der Waals surface area contributed by atoms with Crippen LogP contribution in [0.4, 0.5) is 0 Å². The van der Waals surface area contributed by atoms with Crippen molar-refractivity contribution in [3.05, 3.63) is 29.6 Å². The van der Waals surface area contributed by atoms with E-state index in [1.165, 1.54) is 5.56 Å². The Hall–Kier alpha value is -0.970. The number of ether oxygens (including phenoxy) is 1. The van der Waals surface area contributed by atoms with Crippen LogP contribution in [-0.4, -0.2) is 42.2 Å². The van der Waals surface area contributed by atoms with E-state index in [1.807, 2.05) is 13.1 Å². The summed E-state index contributed by atoms with van der Waals surface area (Å²) in [6, 6.07) is 4.45. The predicted molar refractivity (Wildman–Crippen MR) is 72.4 cm³/mol. The van der Waals surface area contributed by atoms with Gasteiger partial charge in [-0.3, -0.25) is 9.88 Å². The van der Waals surface area contributed by atoms with Crippen LogP contribution in [0.5, 0.6) is 0 Å². The van der Waals surface area contributed by atoms with Crippen LogP contribution in [-0.2, 0) is 4.74 Å². The van der Waals surface area contributed by atoms with Gasteiger partial charge in [0.05, 0.1) is 18.8 Å². The molecule has 1 aliphatic heterocycles. The van der Waals surface area contributed by atoms with Gasteiger partial charge in [0.15, 0.2) is 0 Å². The lowest BCUT2D eigenvalue weighted by molar-refractivity contribution is -0.0677. The summed E-state index contributed by atoms with van der Waals surface area (Å²) in [6.07, 6.45) is 3.18. The van der Waals surface area contributed by atoms with Gasteiger partial charge in [-0.05, 0) is 31.5 Å². The lowest BCUT2D eigenvalue weighted by Gasteiger charge is -2.41. The zero-order chi connectivity index (χ0) is 13.0. The van der Waals surface area contributed by atoms with Crippen molar-refractivity contribution in [3.8, 4) is 0 Å². The first-order valence-corrected chi connectivity index (χ1v) is 6.74. The first-order valence-electron chi connectivity index (χ1n) is 6.74. The zero-order valence-corrected chi connectivity index (χ0v) is 11.3. The number of aromatic nitrogens is 1. The monoisotopic (exact) mass is 249 g/mol. The quantitative estimate of drug-likeness (QED) is 0.878. The second-order valence-corrected chi connectivity index (χ2v) is 4.86. The molecule has 0 aliphatic carbocycles.